The smallest absolute Gasteiger partial charge is 0.320 e. The molecule has 0 unspecified atom stereocenters. The average molecular weight is 402 g/mol. The Balaban J connectivity index is 1.54. The van der Waals surface area contributed by atoms with Crippen molar-refractivity contribution in [1.82, 2.24) is 4.90 Å². The van der Waals surface area contributed by atoms with Gasteiger partial charge in [-0.25, -0.2) is 0 Å². The zero-order chi connectivity index (χ0) is 21.2. The van der Waals surface area contributed by atoms with Crippen molar-refractivity contribution in [3.05, 3.63) is 102 Å². The van der Waals surface area contributed by atoms with Crippen molar-refractivity contribution >= 4 is 17.6 Å². The Morgan fingerprint density at radius 2 is 1.33 bits per heavy atom. The van der Waals surface area contributed by atoms with Crippen LogP contribution in [0.2, 0.25) is 0 Å². The van der Waals surface area contributed by atoms with Crippen molar-refractivity contribution in [2.45, 2.75) is 20.0 Å². The molecule has 0 saturated heterocycles. The van der Waals surface area contributed by atoms with Gasteiger partial charge in [0.25, 0.3) is 5.91 Å². The predicted octanol–water partition coefficient (Wildman–Crippen LogP) is 4.18. The minimum Gasteiger partial charge on any atom is -0.455 e. The number of ether oxygens (including phenoxy) is 1. The van der Waals surface area contributed by atoms with E-state index in [9.17, 15) is 9.59 Å². The van der Waals surface area contributed by atoms with E-state index >= 15 is 0 Å². The summed E-state index contributed by atoms with van der Waals surface area (Å²) in [6.45, 7) is 2.99. The lowest BCUT2D eigenvalue weighted by Crippen LogP contribution is -2.32. The fourth-order valence-electron chi connectivity index (χ4n) is 3.06. The number of carbonyl (C=O) groups excluding carboxylic acids is 2. The highest BCUT2D eigenvalue weighted by molar-refractivity contribution is 5.92. The quantitative estimate of drug-likeness (QED) is 0.546. The van der Waals surface area contributed by atoms with E-state index in [1.54, 1.807) is 0 Å². The summed E-state index contributed by atoms with van der Waals surface area (Å²) >= 11 is 0. The van der Waals surface area contributed by atoms with E-state index in [0.29, 0.717) is 18.8 Å². The first kappa shape index (κ1) is 21.3. The SMILES string of the molecule is Cc1ccc(NC(=O)COC(=O)CN(Cc2ccccc2)Cc2ccccc2)cc1. The lowest BCUT2D eigenvalue weighted by Gasteiger charge is -2.21. The normalized spacial score (nSPS) is 10.6. The third kappa shape index (κ3) is 7.18. The molecule has 30 heavy (non-hydrogen) atoms. The van der Waals surface area contributed by atoms with Crippen LogP contribution >= 0.6 is 0 Å². The topological polar surface area (TPSA) is 58.6 Å². The summed E-state index contributed by atoms with van der Waals surface area (Å²) in [4.78, 5) is 26.5. The molecule has 5 nitrogen and oxygen atoms in total. The number of hydrogen-bond acceptors (Lipinski definition) is 4. The molecule has 5 heteroatoms. The van der Waals surface area contributed by atoms with Gasteiger partial charge in [-0.2, -0.15) is 0 Å². The van der Waals surface area contributed by atoms with Gasteiger partial charge in [0, 0.05) is 18.8 Å². The molecule has 3 aromatic rings. The Morgan fingerprint density at radius 1 is 0.800 bits per heavy atom. The zero-order valence-corrected chi connectivity index (χ0v) is 17.1. The molecule has 1 N–H and O–H groups in total. The highest BCUT2D eigenvalue weighted by Gasteiger charge is 2.15. The molecule has 0 aliphatic rings. The van der Waals surface area contributed by atoms with Crippen LogP contribution in [0, 0.1) is 6.92 Å². The molecule has 0 heterocycles. The first-order chi connectivity index (χ1) is 14.6. The standard InChI is InChI=1S/C25H26N2O3/c1-20-12-14-23(15-13-20)26-24(28)19-30-25(29)18-27(16-21-8-4-2-5-9-21)17-22-10-6-3-7-11-22/h2-15H,16-19H2,1H3,(H,26,28). The number of aryl methyl sites for hydroxylation is 1. The van der Waals surface area contributed by atoms with Gasteiger partial charge in [-0.3, -0.25) is 14.5 Å². The number of carbonyl (C=O) groups is 2. The van der Waals surface area contributed by atoms with Crippen molar-refractivity contribution in [2.24, 2.45) is 0 Å². The second-order valence-electron chi connectivity index (χ2n) is 7.19. The van der Waals surface area contributed by atoms with E-state index in [0.717, 1.165) is 16.7 Å². The third-order valence-electron chi connectivity index (χ3n) is 4.55. The van der Waals surface area contributed by atoms with Crippen molar-refractivity contribution in [1.29, 1.82) is 0 Å². The molecule has 0 spiro atoms. The van der Waals surface area contributed by atoms with Gasteiger partial charge in [-0.05, 0) is 30.2 Å². The number of nitrogens with zero attached hydrogens (tertiary/aromatic N) is 1. The highest BCUT2D eigenvalue weighted by atomic mass is 16.5. The Labute approximate surface area is 177 Å². The monoisotopic (exact) mass is 402 g/mol. The molecule has 0 fully saturated rings. The first-order valence-electron chi connectivity index (χ1n) is 9.91. The summed E-state index contributed by atoms with van der Waals surface area (Å²) in [5.41, 5.74) is 4.00. The van der Waals surface area contributed by atoms with Gasteiger partial charge in [0.15, 0.2) is 6.61 Å². The molecule has 0 aromatic heterocycles. The maximum atomic E-state index is 12.4. The van der Waals surface area contributed by atoms with E-state index in [4.69, 9.17) is 4.74 Å². The molecule has 154 valence electrons. The summed E-state index contributed by atoms with van der Waals surface area (Å²) in [5, 5.41) is 2.73. The van der Waals surface area contributed by atoms with Crippen LogP contribution in [0.25, 0.3) is 0 Å². The van der Waals surface area contributed by atoms with E-state index in [1.165, 1.54) is 0 Å². The van der Waals surface area contributed by atoms with Crippen LogP contribution < -0.4 is 5.32 Å². The minimum atomic E-state index is -0.430. The number of rotatable bonds is 9. The van der Waals surface area contributed by atoms with Crippen molar-refractivity contribution in [3.63, 3.8) is 0 Å². The second kappa shape index (κ2) is 10.9. The van der Waals surface area contributed by atoms with Gasteiger partial charge in [-0.15, -0.1) is 0 Å². The highest BCUT2D eigenvalue weighted by Crippen LogP contribution is 2.11. The summed E-state index contributed by atoms with van der Waals surface area (Å²) in [7, 11) is 0. The Kier molecular flexibility index (Phi) is 7.75. The Hall–Kier alpha value is -3.44. The summed E-state index contributed by atoms with van der Waals surface area (Å²) in [6, 6.07) is 27.4. The molecule has 0 aliphatic heterocycles. The van der Waals surface area contributed by atoms with Crippen LogP contribution in [-0.4, -0.2) is 29.9 Å². The van der Waals surface area contributed by atoms with Gasteiger partial charge in [0.1, 0.15) is 0 Å². The molecule has 1 amide bonds. The lowest BCUT2D eigenvalue weighted by atomic mass is 10.1. The Bertz CT molecular complexity index is 900. The fourth-order valence-corrected chi connectivity index (χ4v) is 3.06. The predicted molar refractivity (Wildman–Crippen MR) is 118 cm³/mol. The molecule has 0 aliphatic carbocycles. The van der Waals surface area contributed by atoms with Crippen LogP contribution in [0.15, 0.2) is 84.9 Å². The molecule has 0 atom stereocenters. The number of esters is 1. The van der Waals surface area contributed by atoms with Crippen molar-refractivity contribution in [2.75, 3.05) is 18.5 Å². The minimum absolute atomic E-state index is 0.0988. The van der Waals surface area contributed by atoms with Crippen LogP contribution in [0.1, 0.15) is 16.7 Å². The Morgan fingerprint density at radius 3 is 1.87 bits per heavy atom. The summed E-state index contributed by atoms with van der Waals surface area (Å²) < 4.78 is 5.21. The van der Waals surface area contributed by atoms with Gasteiger partial charge in [-0.1, -0.05) is 78.4 Å². The maximum absolute atomic E-state index is 12.4. The van der Waals surface area contributed by atoms with E-state index < -0.39 is 5.97 Å². The van der Waals surface area contributed by atoms with Crippen molar-refractivity contribution in [3.8, 4) is 0 Å². The lowest BCUT2D eigenvalue weighted by molar-refractivity contribution is -0.148. The van der Waals surface area contributed by atoms with Gasteiger partial charge >= 0.3 is 5.97 Å². The molecular formula is C25H26N2O3. The number of benzene rings is 3. The fraction of sp³-hybridized carbons (Fsp3) is 0.200. The molecule has 0 radical (unpaired) electrons. The van der Waals surface area contributed by atoms with E-state index in [2.05, 4.69) is 5.32 Å². The summed E-state index contributed by atoms with van der Waals surface area (Å²) in [5.74, 6) is -0.786. The molecule has 0 bridgehead atoms. The van der Waals surface area contributed by atoms with E-state index in [-0.39, 0.29) is 19.1 Å². The number of nitrogens with one attached hydrogen (secondary N) is 1. The molecule has 3 aromatic carbocycles. The molecule has 0 saturated carbocycles. The largest absolute Gasteiger partial charge is 0.455 e. The zero-order valence-electron chi connectivity index (χ0n) is 17.1. The van der Waals surface area contributed by atoms with E-state index in [1.807, 2.05) is 96.8 Å². The molecular weight excluding hydrogens is 376 g/mol. The maximum Gasteiger partial charge on any atom is 0.320 e. The summed E-state index contributed by atoms with van der Waals surface area (Å²) in [6.07, 6.45) is 0. The van der Waals surface area contributed by atoms with Crippen LogP contribution in [0.4, 0.5) is 5.69 Å². The second-order valence-corrected chi connectivity index (χ2v) is 7.19. The van der Waals surface area contributed by atoms with Gasteiger partial charge in [0.2, 0.25) is 0 Å². The van der Waals surface area contributed by atoms with Crippen LogP contribution in [0.3, 0.4) is 0 Å². The third-order valence-corrected chi connectivity index (χ3v) is 4.55. The number of anilines is 1. The van der Waals surface area contributed by atoms with Crippen LogP contribution in [0.5, 0.6) is 0 Å². The molecule has 3 rings (SSSR count). The van der Waals surface area contributed by atoms with Crippen molar-refractivity contribution < 1.29 is 14.3 Å². The van der Waals surface area contributed by atoms with Crippen LogP contribution in [-0.2, 0) is 27.4 Å². The number of amides is 1. The number of hydrogen-bond donors (Lipinski definition) is 1. The first-order valence-corrected chi connectivity index (χ1v) is 9.91. The average Bonchev–Trinajstić information content (AvgIpc) is 2.75. The van der Waals surface area contributed by atoms with Gasteiger partial charge in [0.05, 0.1) is 6.54 Å². The van der Waals surface area contributed by atoms with Gasteiger partial charge < -0.3 is 10.1 Å².